The number of hydrogen-bond acceptors (Lipinski definition) is 4. The topological polar surface area (TPSA) is 50.1 Å². The Morgan fingerprint density at radius 1 is 1.57 bits per heavy atom. The van der Waals surface area contributed by atoms with Gasteiger partial charge in [-0.15, -0.1) is 11.3 Å². The van der Waals surface area contributed by atoms with Crippen molar-refractivity contribution in [3.8, 4) is 10.7 Å². The Morgan fingerprint density at radius 3 is 3.19 bits per heavy atom. The molecular weight excluding hydrogens is 282 g/mol. The summed E-state index contributed by atoms with van der Waals surface area (Å²) in [5.74, 6) is 1.06. The molecule has 0 radical (unpaired) electrons. The molecule has 2 heterocycles. The lowest BCUT2D eigenvalue weighted by molar-refractivity contribution is 0.0997. The molecule has 1 aliphatic carbocycles. The van der Waals surface area contributed by atoms with Crippen LogP contribution in [-0.4, -0.2) is 33.3 Å². The SMILES string of the molecule is CCNC1(CO)CCCC(n2ccnc2-c2cccs2)C1. The van der Waals surface area contributed by atoms with Crippen LogP contribution >= 0.6 is 11.3 Å². The molecule has 1 aliphatic rings. The monoisotopic (exact) mass is 305 g/mol. The summed E-state index contributed by atoms with van der Waals surface area (Å²) in [7, 11) is 0. The largest absolute Gasteiger partial charge is 0.394 e. The maximum atomic E-state index is 9.86. The predicted octanol–water partition coefficient (Wildman–Crippen LogP) is 3.07. The first kappa shape index (κ1) is 14.8. The Bertz CT molecular complexity index is 562. The Hall–Kier alpha value is -1.17. The number of nitrogens with one attached hydrogen (secondary N) is 1. The molecule has 1 saturated carbocycles. The second kappa shape index (κ2) is 6.30. The molecule has 5 heteroatoms. The molecule has 0 amide bonds. The third kappa shape index (κ3) is 2.91. The maximum Gasteiger partial charge on any atom is 0.150 e. The van der Waals surface area contributed by atoms with Gasteiger partial charge in [-0.2, -0.15) is 0 Å². The highest BCUT2D eigenvalue weighted by atomic mass is 32.1. The summed E-state index contributed by atoms with van der Waals surface area (Å²) in [6.45, 7) is 3.21. The van der Waals surface area contributed by atoms with Gasteiger partial charge < -0.3 is 15.0 Å². The number of hydrogen-bond donors (Lipinski definition) is 2. The molecule has 21 heavy (non-hydrogen) atoms. The molecule has 0 spiro atoms. The van der Waals surface area contributed by atoms with Crippen LogP contribution in [0.2, 0.25) is 0 Å². The molecule has 2 aromatic rings. The fourth-order valence-electron chi connectivity index (χ4n) is 3.51. The first-order chi connectivity index (χ1) is 10.3. The lowest BCUT2D eigenvalue weighted by atomic mass is 9.79. The Balaban J connectivity index is 1.86. The lowest BCUT2D eigenvalue weighted by Gasteiger charge is -2.41. The minimum atomic E-state index is -0.130. The summed E-state index contributed by atoms with van der Waals surface area (Å²) in [4.78, 5) is 5.76. The molecule has 2 N–H and O–H groups in total. The molecule has 0 saturated heterocycles. The van der Waals surface area contributed by atoms with Gasteiger partial charge in [0.1, 0.15) is 5.82 Å². The molecule has 0 bridgehead atoms. The number of aromatic nitrogens is 2. The van der Waals surface area contributed by atoms with Crippen molar-refractivity contribution >= 4 is 11.3 Å². The molecular formula is C16H23N3OS. The first-order valence-electron chi connectivity index (χ1n) is 7.70. The average Bonchev–Trinajstić information content (AvgIpc) is 3.18. The zero-order valence-corrected chi connectivity index (χ0v) is 13.3. The number of nitrogens with zero attached hydrogens (tertiary/aromatic N) is 2. The van der Waals surface area contributed by atoms with Gasteiger partial charge >= 0.3 is 0 Å². The average molecular weight is 305 g/mol. The number of rotatable bonds is 5. The van der Waals surface area contributed by atoms with E-state index in [1.54, 1.807) is 11.3 Å². The molecule has 114 valence electrons. The van der Waals surface area contributed by atoms with E-state index in [2.05, 4.69) is 45.5 Å². The Morgan fingerprint density at radius 2 is 2.48 bits per heavy atom. The van der Waals surface area contributed by atoms with Crippen LogP contribution in [0.4, 0.5) is 0 Å². The Labute approximate surface area is 129 Å². The van der Waals surface area contributed by atoms with Crippen molar-refractivity contribution in [1.29, 1.82) is 0 Å². The van der Waals surface area contributed by atoms with Crippen LogP contribution in [0.15, 0.2) is 29.9 Å². The minimum absolute atomic E-state index is 0.130. The highest BCUT2D eigenvalue weighted by Crippen LogP contribution is 2.37. The molecule has 2 unspecified atom stereocenters. The van der Waals surface area contributed by atoms with Crippen molar-refractivity contribution in [3.05, 3.63) is 29.9 Å². The summed E-state index contributed by atoms with van der Waals surface area (Å²) in [5, 5.41) is 15.5. The van der Waals surface area contributed by atoms with E-state index in [1.807, 2.05) is 6.20 Å². The van der Waals surface area contributed by atoms with Crippen molar-refractivity contribution in [1.82, 2.24) is 14.9 Å². The molecule has 4 nitrogen and oxygen atoms in total. The Kier molecular flexibility index (Phi) is 4.42. The van der Waals surface area contributed by atoms with Gasteiger partial charge in [0, 0.05) is 24.0 Å². The molecule has 0 aromatic carbocycles. The van der Waals surface area contributed by atoms with E-state index >= 15 is 0 Å². The number of thiophene rings is 1. The van der Waals surface area contributed by atoms with Gasteiger partial charge in [0.2, 0.25) is 0 Å². The van der Waals surface area contributed by atoms with E-state index in [1.165, 1.54) is 4.88 Å². The summed E-state index contributed by atoms with van der Waals surface area (Å²) in [6.07, 6.45) is 8.28. The van der Waals surface area contributed by atoms with Gasteiger partial charge in [-0.25, -0.2) is 4.98 Å². The quantitative estimate of drug-likeness (QED) is 0.892. The number of aliphatic hydroxyl groups is 1. The zero-order chi connectivity index (χ0) is 14.7. The summed E-state index contributed by atoms with van der Waals surface area (Å²) in [5.41, 5.74) is -0.130. The highest BCUT2D eigenvalue weighted by molar-refractivity contribution is 7.13. The number of imidazole rings is 1. The van der Waals surface area contributed by atoms with Crippen LogP contribution in [0.1, 0.15) is 38.6 Å². The van der Waals surface area contributed by atoms with Crippen LogP contribution in [-0.2, 0) is 0 Å². The third-order valence-electron chi connectivity index (χ3n) is 4.48. The van der Waals surface area contributed by atoms with Crippen LogP contribution in [0.5, 0.6) is 0 Å². The van der Waals surface area contributed by atoms with Crippen LogP contribution in [0.25, 0.3) is 10.7 Å². The molecule has 3 rings (SSSR count). The van der Waals surface area contributed by atoms with Gasteiger partial charge in [0.15, 0.2) is 0 Å². The van der Waals surface area contributed by atoms with Crippen molar-refractivity contribution in [3.63, 3.8) is 0 Å². The number of aliphatic hydroxyl groups excluding tert-OH is 1. The second-order valence-corrected chi connectivity index (χ2v) is 6.80. The molecule has 1 fully saturated rings. The second-order valence-electron chi connectivity index (χ2n) is 5.85. The maximum absolute atomic E-state index is 9.86. The van der Waals surface area contributed by atoms with Gasteiger partial charge in [-0.1, -0.05) is 13.0 Å². The normalized spacial score (nSPS) is 26.1. The standard InChI is InChI=1S/C16H23N3OS/c1-2-18-16(12-20)7-3-5-13(11-16)19-9-8-17-15(19)14-6-4-10-21-14/h4,6,8-10,13,18,20H,2-3,5,7,11-12H2,1H3. The van der Waals surface area contributed by atoms with E-state index in [0.29, 0.717) is 6.04 Å². The van der Waals surface area contributed by atoms with Crippen molar-refractivity contribution < 1.29 is 5.11 Å². The lowest BCUT2D eigenvalue weighted by Crippen LogP contribution is -2.51. The fourth-order valence-corrected chi connectivity index (χ4v) is 4.23. The first-order valence-corrected chi connectivity index (χ1v) is 8.58. The molecule has 2 aromatic heterocycles. The van der Waals surface area contributed by atoms with E-state index in [0.717, 1.165) is 38.1 Å². The van der Waals surface area contributed by atoms with Crippen molar-refractivity contribution in [2.45, 2.75) is 44.2 Å². The summed E-state index contributed by atoms with van der Waals surface area (Å²) in [6, 6.07) is 4.59. The predicted molar refractivity (Wildman–Crippen MR) is 86.5 cm³/mol. The van der Waals surface area contributed by atoms with Gasteiger partial charge in [0.25, 0.3) is 0 Å². The van der Waals surface area contributed by atoms with Gasteiger partial charge in [0.05, 0.1) is 11.5 Å². The van der Waals surface area contributed by atoms with E-state index in [-0.39, 0.29) is 12.1 Å². The summed E-state index contributed by atoms with van der Waals surface area (Å²) >= 11 is 1.73. The summed E-state index contributed by atoms with van der Waals surface area (Å²) < 4.78 is 2.30. The zero-order valence-electron chi connectivity index (χ0n) is 12.5. The number of likely N-dealkylation sites (N-methyl/N-ethyl adjacent to an activating group) is 1. The molecule has 2 atom stereocenters. The van der Waals surface area contributed by atoms with Crippen LogP contribution < -0.4 is 5.32 Å². The van der Waals surface area contributed by atoms with Gasteiger partial charge in [-0.05, 0) is 43.7 Å². The smallest absolute Gasteiger partial charge is 0.150 e. The van der Waals surface area contributed by atoms with Crippen LogP contribution in [0.3, 0.4) is 0 Å². The van der Waals surface area contributed by atoms with Crippen molar-refractivity contribution in [2.24, 2.45) is 0 Å². The van der Waals surface area contributed by atoms with E-state index in [4.69, 9.17) is 0 Å². The third-order valence-corrected chi connectivity index (χ3v) is 5.34. The highest BCUT2D eigenvalue weighted by Gasteiger charge is 2.36. The van der Waals surface area contributed by atoms with E-state index in [9.17, 15) is 5.11 Å². The van der Waals surface area contributed by atoms with E-state index < -0.39 is 0 Å². The van der Waals surface area contributed by atoms with Gasteiger partial charge in [-0.3, -0.25) is 0 Å². The molecule has 0 aliphatic heterocycles. The fraction of sp³-hybridized carbons (Fsp3) is 0.562. The minimum Gasteiger partial charge on any atom is -0.394 e. The van der Waals surface area contributed by atoms with Crippen molar-refractivity contribution in [2.75, 3.05) is 13.2 Å². The van der Waals surface area contributed by atoms with Crippen LogP contribution in [0, 0.1) is 0 Å².